The zero-order valence-corrected chi connectivity index (χ0v) is 16.7. The Bertz CT molecular complexity index is 643. The van der Waals surface area contributed by atoms with Gasteiger partial charge >= 0.3 is 6.09 Å². The van der Waals surface area contributed by atoms with E-state index in [1.54, 1.807) is 11.1 Å². The normalized spacial score (nSPS) is 24.3. The third-order valence-electron chi connectivity index (χ3n) is 5.28. The fourth-order valence-corrected chi connectivity index (χ4v) is 3.58. The molecule has 150 valence electrons. The summed E-state index contributed by atoms with van der Waals surface area (Å²) in [6.07, 6.45) is 8.68. The van der Waals surface area contributed by atoms with Gasteiger partial charge in [0.15, 0.2) is 0 Å². The summed E-state index contributed by atoms with van der Waals surface area (Å²) in [5.74, 6) is 2.05. The molecule has 1 aromatic rings. The monoisotopic (exact) mass is 376 g/mol. The number of aliphatic hydroxyl groups is 1. The van der Waals surface area contributed by atoms with E-state index in [1.165, 1.54) is 18.4 Å². The molecule has 1 N–H and O–H groups in total. The molecule has 1 saturated carbocycles. The molecule has 2 fully saturated rings. The summed E-state index contributed by atoms with van der Waals surface area (Å²) >= 11 is 0. The molecule has 0 radical (unpaired) electrons. The number of rotatable bonds is 8. The van der Waals surface area contributed by atoms with Crippen LogP contribution in [0.1, 0.15) is 64.4 Å². The molecule has 0 bridgehead atoms. The molecule has 27 heavy (non-hydrogen) atoms. The number of ether oxygens (including phenoxy) is 2. The van der Waals surface area contributed by atoms with Crippen molar-refractivity contribution in [3.8, 4) is 5.75 Å². The number of aromatic nitrogens is 1. The summed E-state index contributed by atoms with van der Waals surface area (Å²) in [4.78, 5) is 18.2. The Hall–Kier alpha value is -1.82. The predicted molar refractivity (Wildman–Crippen MR) is 103 cm³/mol. The summed E-state index contributed by atoms with van der Waals surface area (Å²) in [6, 6.07) is 2.15. The van der Waals surface area contributed by atoms with Crippen LogP contribution in [-0.4, -0.2) is 52.5 Å². The van der Waals surface area contributed by atoms with E-state index < -0.39 is 5.60 Å². The number of pyridine rings is 1. The van der Waals surface area contributed by atoms with Crippen LogP contribution in [-0.2, 0) is 4.74 Å². The molecule has 0 unspecified atom stereocenters. The summed E-state index contributed by atoms with van der Waals surface area (Å²) in [5.41, 5.74) is 0.757. The van der Waals surface area contributed by atoms with Gasteiger partial charge in [0.1, 0.15) is 18.0 Å². The van der Waals surface area contributed by atoms with Crippen LogP contribution >= 0.6 is 0 Å². The minimum absolute atomic E-state index is 0.0654. The van der Waals surface area contributed by atoms with Gasteiger partial charge in [-0.25, -0.2) is 4.79 Å². The second kappa shape index (κ2) is 8.46. The lowest BCUT2D eigenvalue weighted by molar-refractivity contribution is -0.0141. The second-order valence-electron chi connectivity index (χ2n) is 8.70. The van der Waals surface area contributed by atoms with Gasteiger partial charge in [0.2, 0.25) is 0 Å². The van der Waals surface area contributed by atoms with E-state index in [4.69, 9.17) is 14.6 Å². The number of hydrogen-bond donors (Lipinski definition) is 1. The van der Waals surface area contributed by atoms with Gasteiger partial charge in [-0.2, -0.15) is 0 Å². The van der Waals surface area contributed by atoms with Gasteiger partial charge in [0, 0.05) is 19.3 Å². The lowest BCUT2D eigenvalue weighted by Gasteiger charge is -2.40. The molecule has 6 nitrogen and oxygen atoms in total. The highest BCUT2D eigenvalue weighted by Crippen LogP contribution is 2.50. The summed E-state index contributed by atoms with van der Waals surface area (Å²) in [7, 11) is 0. The van der Waals surface area contributed by atoms with Gasteiger partial charge in [-0.1, -0.05) is 6.42 Å². The third kappa shape index (κ3) is 5.58. The minimum atomic E-state index is -0.478. The van der Waals surface area contributed by atoms with Crippen LogP contribution in [0.5, 0.6) is 5.75 Å². The van der Waals surface area contributed by atoms with Crippen molar-refractivity contribution in [2.75, 3.05) is 19.8 Å². The van der Waals surface area contributed by atoms with Crippen LogP contribution in [0.2, 0.25) is 0 Å². The molecular weight excluding hydrogens is 344 g/mol. The van der Waals surface area contributed by atoms with Crippen LogP contribution in [0.15, 0.2) is 18.5 Å². The first-order valence-corrected chi connectivity index (χ1v) is 10.1. The Labute approximate surface area is 161 Å². The molecule has 2 heterocycles. The van der Waals surface area contributed by atoms with Crippen molar-refractivity contribution in [1.29, 1.82) is 0 Å². The van der Waals surface area contributed by atoms with Crippen molar-refractivity contribution >= 4 is 6.09 Å². The van der Waals surface area contributed by atoms with Crippen LogP contribution in [0.3, 0.4) is 0 Å². The van der Waals surface area contributed by atoms with Gasteiger partial charge in [0.05, 0.1) is 12.2 Å². The van der Waals surface area contributed by atoms with Gasteiger partial charge in [-0.05, 0) is 69.9 Å². The fourth-order valence-electron chi connectivity index (χ4n) is 3.58. The first kappa shape index (κ1) is 19.9. The molecule has 1 aliphatic heterocycles. The van der Waals surface area contributed by atoms with Gasteiger partial charge in [-0.15, -0.1) is 0 Å². The maximum atomic E-state index is 12.2. The average molecular weight is 376 g/mol. The molecule has 2 aliphatic rings. The molecule has 0 spiro atoms. The van der Waals surface area contributed by atoms with Crippen LogP contribution in [0.4, 0.5) is 4.79 Å². The van der Waals surface area contributed by atoms with Crippen molar-refractivity contribution in [2.45, 2.75) is 70.4 Å². The lowest BCUT2D eigenvalue weighted by atomic mass is 10.1. The Morgan fingerprint density at radius 2 is 2.15 bits per heavy atom. The first-order chi connectivity index (χ1) is 12.9. The zero-order valence-electron chi connectivity index (χ0n) is 16.7. The van der Waals surface area contributed by atoms with E-state index in [2.05, 4.69) is 11.1 Å². The van der Waals surface area contributed by atoms with Crippen LogP contribution in [0.25, 0.3) is 0 Å². The van der Waals surface area contributed by atoms with E-state index in [0.29, 0.717) is 18.4 Å². The maximum Gasteiger partial charge on any atom is 0.410 e. The highest BCUT2D eigenvalue weighted by molar-refractivity contribution is 5.69. The SMILES string of the molecule is CC(C)(C)OC(=O)N1CC[C@H]1COc1cncc([C@H]2C[C@@H]2CCCCO)c1. The average Bonchev–Trinajstić information content (AvgIpc) is 3.32. The van der Waals surface area contributed by atoms with E-state index in [9.17, 15) is 4.79 Å². The highest BCUT2D eigenvalue weighted by atomic mass is 16.6. The van der Waals surface area contributed by atoms with E-state index >= 15 is 0 Å². The largest absolute Gasteiger partial charge is 0.490 e. The number of unbranched alkanes of at least 4 members (excludes halogenated alkanes) is 1. The number of likely N-dealkylation sites (tertiary alicyclic amines) is 1. The maximum absolute atomic E-state index is 12.2. The van der Waals surface area contributed by atoms with Crippen LogP contribution in [0, 0.1) is 5.92 Å². The van der Waals surface area contributed by atoms with Gasteiger partial charge in [-0.3, -0.25) is 4.98 Å². The van der Waals surface area contributed by atoms with Crippen molar-refractivity contribution in [3.05, 3.63) is 24.0 Å². The fraction of sp³-hybridized carbons (Fsp3) is 0.714. The third-order valence-corrected chi connectivity index (χ3v) is 5.28. The number of amides is 1. The molecule has 1 amide bonds. The molecule has 6 heteroatoms. The molecule has 1 saturated heterocycles. The molecule has 3 rings (SSSR count). The number of aliphatic hydroxyl groups excluding tert-OH is 1. The van der Waals surface area contributed by atoms with E-state index in [0.717, 1.165) is 31.6 Å². The number of hydrogen-bond acceptors (Lipinski definition) is 5. The number of carbonyl (C=O) groups is 1. The Morgan fingerprint density at radius 3 is 2.81 bits per heavy atom. The molecular formula is C21H32N2O4. The van der Waals surface area contributed by atoms with Gasteiger partial charge < -0.3 is 19.5 Å². The Morgan fingerprint density at radius 1 is 1.33 bits per heavy atom. The smallest absolute Gasteiger partial charge is 0.410 e. The zero-order chi connectivity index (χ0) is 19.4. The topological polar surface area (TPSA) is 71.9 Å². The number of carbonyl (C=O) groups excluding carboxylic acids is 1. The quantitative estimate of drug-likeness (QED) is 0.700. The van der Waals surface area contributed by atoms with Gasteiger partial charge in [0.25, 0.3) is 0 Å². The van der Waals surface area contributed by atoms with Crippen molar-refractivity contribution < 1.29 is 19.4 Å². The first-order valence-electron chi connectivity index (χ1n) is 10.1. The van der Waals surface area contributed by atoms with E-state index in [1.807, 2.05) is 27.0 Å². The number of nitrogens with zero attached hydrogens (tertiary/aromatic N) is 2. The molecule has 1 aliphatic carbocycles. The Balaban J connectivity index is 1.46. The Kier molecular flexibility index (Phi) is 6.25. The standard InChI is InChI=1S/C21H32N2O4/c1-21(2,3)27-20(25)23-8-7-17(23)14-26-18-10-16(12-22-13-18)19-11-15(19)6-4-5-9-24/h10,12-13,15,17,19,24H,4-9,11,14H2,1-3H3/t15-,17-,19-/m0/s1. The lowest BCUT2D eigenvalue weighted by Crippen LogP contribution is -2.55. The van der Waals surface area contributed by atoms with Crippen molar-refractivity contribution in [3.63, 3.8) is 0 Å². The minimum Gasteiger partial charge on any atom is -0.490 e. The van der Waals surface area contributed by atoms with E-state index in [-0.39, 0.29) is 18.7 Å². The molecule has 3 atom stereocenters. The molecule has 1 aromatic heterocycles. The second-order valence-corrected chi connectivity index (χ2v) is 8.70. The summed E-state index contributed by atoms with van der Waals surface area (Å²) < 4.78 is 11.4. The summed E-state index contributed by atoms with van der Waals surface area (Å²) in [6.45, 7) is 7.10. The van der Waals surface area contributed by atoms with Crippen molar-refractivity contribution in [2.24, 2.45) is 5.92 Å². The summed E-state index contributed by atoms with van der Waals surface area (Å²) in [5, 5.41) is 8.90. The highest BCUT2D eigenvalue weighted by Gasteiger charge is 2.38. The van der Waals surface area contributed by atoms with Crippen LogP contribution < -0.4 is 4.74 Å². The predicted octanol–water partition coefficient (Wildman–Crippen LogP) is 3.74. The molecule has 0 aromatic carbocycles. The van der Waals surface area contributed by atoms with Crippen molar-refractivity contribution in [1.82, 2.24) is 9.88 Å².